The molecule has 0 bridgehead atoms. The van der Waals surface area contributed by atoms with Crippen LogP contribution in [0.1, 0.15) is 11.1 Å². The van der Waals surface area contributed by atoms with Crippen molar-refractivity contribution in [1.29, 1.82) is 0 Å². The quantitative estimate of drug-likeness (QED) is 0.438. The van der Waals surface area contributed by atoms with Gasteiger partial charge in [0.15, 0.2) is 0 Å². The van der Waals surface area contributed by atoms with Crippen molar-refractivity contribution < 1.29 is 13.2 Å². The first kappa shape index (κ1) is 21.0. The molecule has 0 unspecified atom stereocenters. The summed E-state index contributed by atoms with van der Waals surface area (Å²) in [6.45, 7) is 6.17. The lowest BCUT2D eigenvalue weighted by Crippen LogP contribution is -2.50. The lowest BCUT2D eigenvalue weighted by atomic mass is 10.2. The molecule has 0 radical (unpaired) electrons. The average molecular weight is 424 g/mol. The Morgan fingerprint density at radius 3 is 2.00 bits per heavy atom. The fourth-order valence-electron chi connectivity index (χ4n) is 3.15. The summed E-state index contributed by atoms with van der Waals surface area (Å²) in [5, 5.41) is 1.74. The van der Waals surface area contributed by atoms with Gasteiger partial charge in [-0.1, -0.05) is 66.3 Å². The molecule has 3 aromatic carbocycles. The maximum Gasteiger partial charge on any atom is 0.282 e. The van der Waals surface area contributed by atoms with Gasteiger partial charge in [0.1, 0.15) is 13.8 Å². The highest BCUT2D eigenvalue weighted by molar-refractivity contribution is 7.90. The van der Waals surface area contributed by atoms with Gasteiger partial charge in [-0.3, -0.25) is 0 Å². The van der Waals surface area contributed by atoms with Crippen LogP contribution in [0.4, 0.5) is 0 Å². The van der Waals surface area contributed by atoms with Crippen LogP contribution in [0.3, 0.4) is 0 Å². The Hall–Kier alpha value is -2.70. The van der Waals surface area contributed by atoms with E-state index in [1.165, 1.54) is 0 Å². The molecule has 0 amide bonds. The first-order valence-corrected chi connectivity index (χ1v) is 13.8. The van der Waals surface area contributed by atoms with Crippen LogP contribution in [0.2, 0.25) is 13.1 Å². The van der Waals surface area contributed by atoms with Gasteiger partial charge in [-0.05, 0) is 48.9 Å². The van der Waals surface area contributed by atoms with E-state index in [0.29, 0.717) is 11.1 Å². The van der Waals surface area contributed by atoms with Crippen LogP contribution >= 0.6 is 0 Å². The number of nitrogens with zero attached hydrogens (tertiary/aromatic N) is 1. The van der Waals surface area contributed by atoms with Gasteiger partial charge in [0.2, 0.25) is 0 Å². The Morgan fingerprint density at radius 1 is 0.862 bits per heavy atom. The Morgan fingerprint density at radius 2 is 1.45 bits per heavy atom. The van der Waals surface area contributed by atoms with E-state index in [4.69, 9.17) is 4.74 Å². The van der Waals surface area contributed by atoms with Crippen LogP contribution in [0.25, 0.3) is 0 Å². The zero-order valence-corrected chi connectivity index (χ0v) is 18.9. The molecule has 0 N–H and O–H groups in total. The van der Waals surface area contributed by atoms with Crippen molar-refractivity contribution in [1.82, 2.24) is 0 Å². The number of ether oxygens (including phenoxy) is 1. The Labute approximate surface area is 174 Å². The van der Waals surface area contributed by atoms with E-state index in [2.05, 4.69) is 17.5 Å². The smallest absolute Gasteiger partial charge is 0.282 e. The number of hydrogen-bond donors (Lipinski definition) is 0. The van der Waals surface area contributed by atoms with Crippen LogP contribution in [-0.2, 0) is 10.0 Å². The second kappa shape index (κ2) is 8.35. The molecular weight excluding hydrogens is 398 g/mol. The molecule has 4 nitrogen and oxygen atoms in total. The highest BCUT2D eigenvalue weighted by Gasteiger charge is 2.33. The van der Waals surface area contributed by atoms with Gasteiger partial charge >= 0.3 is 0 Å². The molecule has 0 aliphatic rings. The topological polar surface area (TPSA) is 55.7 Å². The van der Waals surface area contributed by atoms with E-state index < -0.39 is 18.1 Å². The number of methoxy groups -OCH3 is 1. The Balaban J connectivity index is 2.19. The lowest BCUT2D eigenvalue weighted by molar-refractivity contribution is 0.415. The second-order valence-corrected chi connectivity index (χ2v) is 13.4. The third kappa shape index (κ3) is 4.66. The van der Waals surface area contributed by atoms with Crippen molar-refractivity contribution in [3.05, 3.63) is 90.0 Å². The summed E-state index contributed by atoms with van der Waals surface area (Å²) in [6, 6.07) is 24.2. The summed E-state index contributed by atoms with van der Waals surface area (Å²) in [5.74, 6) is 0.716. The van der Waals surface area contributed by atoms with Crippen LogP contribution in [0, 0.1) is 6.92 Å². The highest BCUT2D eigenvalue weighted by Crippen LogP contribution is 2.21. The zero-order chi connectivity index (χ0) is 21.1. The molecular formula is C23H25NO3SSi. The van der Waals surface area contributed by atoms with Gasteiger partial charge in [-0.15, -0.1) is 0 Å². The minimum atomic E-state index is -3.84. The summed E-state index contributed by atoms with van der Waals surface area (Å²) < 4.78 is 35.9. The van der Waals surface area contributed by atoms with E-state index in [1.54, 1.807) is 31.4 Å². The van der Waals surface area contributed by atoms with E-state index in [1.807, 2.05) is 61.5 Å². The molecule has 29 heavy (non-hydrogen) atoms. The van der Waals surface area contributed by atoms with Crippen molar-refractivity contribution in [2.24, 2.45) is 4.40 Å². The largest absolute Gasteiger partial charge is 0.497 e. The highest BCUT2D eigenvalue weighted by atomic mass is 32.2. The molecule has 0 saturated heterocycles. The predicted octanol–water partition coefficient (Wildman–Crippen LogP) is 4.34. The Bertz CT molecular complexity index is 1110. The number of benzene rings is 3. The zero-order valence-electron chi connectivity index (χ0n) is 17.1. The number of sulfonamides is 1. The molecule has 150 valence electrons. The molecule has 0 spiro atoms. The summed E-state index contributed by atoms with van der Waals surface area (Å²) in [4.78, 5) is 0.201. The third-order valence-electron chi connectivity index (χ3n) is 4.98. The lowest BCUT2D eigenvalue weighted by Gasteiger charge is -2.25. The average Bonchev–Trinajstić information content (AvgIpc) is 2.73. The van der Waals surface area contributed by atoms with Gasteiger partial charge in [0.05, 0.1) is 12.0 Å². The summed E-state index contributed by atoms with van der Waals surface area (Å²) in [7, 11) is -4.63. The van der Waals surface area contributed by atoms with Gasteiger partial charge < -0.3 is 4.74 Å². The fourth-order valence-corrected chi connectivity index (χ4v) is 7.54. The number of rotatable bonds is 6. The van der Waals surface area contributed by atoms with Gasteiger partial charge in [0.25, 0.3) is 10.0 Å². The van der Waals surface area contributed by atoms with Crippen LogP contribution in [0.5, 0.6) is 5.75 Å². The molecule has 0 aliphatic heterocycles. The van der Waals surface area contributed by atoms with Gasteiger partial charge in [-0.25, -0.2) is 0 Å². The second-order valence-electron chi connectivity index (χ2n) is 7.45. The van der Waals surface area contributed by atoms with Crippen molar-refractivity contribution in [3.8, 4) is 5.75 Å². The minimum absolute atomic E-state index is 0.201. The third-order valence-corrected chi connectivity index (χ3v) is 9.80. The summed E-state index contributed by atoms with van der Waals surface area (Å²) >= 11 is 0. The number of aryl methyl sites for hydroxylation is 1. The maximum atomic E-state index is 13.1. The van der Waals surface area contributed by atoms with Gasteiger partial charge in [0, 0.05) is 5.33 Å². The normalized spacial score (nSPS) is 12.6. The predicted molar refractivity (Wildman–Crippen MR) is 121 cm³/mol. The van der Waals surface area contributed by atoms with E-state index >= 15 is 0 Å². The molecule has 6 heteroatoms. The molecule has 0 aromatic heterocycles. The van der Waals surface area contributed by atoms with Crippen LogP contribution < -0.4 is 9.92 Å². The molecule has 0 heterocycles. The van der Waals surface area contributed by atoms with Crippen molar-refractivity contribution in [3.63, 3.8) is 0 Å². The van der Waals surface area contributed by atoms with E-state index in [9.17, 15) is 8.42 Å². The number of hydrogen-bond acceptors (Lipinski definition) is 3. The molecule has 3 aromatic rings. The van der Waals surface area contributed by atoms with E-state index in [0.717, 1.165) is 16.3 Å². The minimum Gasteiger partial charge on any atom is -0.497 e. The molecule has 0 aliphatic carbocycles. The van der Waals surface area contributed by atoms with E-state index in [-0.39, 0.29) is 4.90 Å². The maximum absolute atomic E-state index is 13.1. The van der Waals surface area contributed by atoms with Crippen molar-refractivity contribution >= 4 is 28.6 Å². The molecule has 0 atom stereocenters. The van der Waals surface area contributed by atoms with Crippen LogP contribution in [-0.4, -0.2) is 28.9 Å². The fraction of sp³-hybridized carbons (Fsp3) is 0.174. The molecule has 3 rings (SSSR count). The van der Waals surface area contributed by atoms with Crippen molar-refractivity contribution in [2.75, 3.05) is 7.11 Å². The van der Waals surface area contributed by atoms with Gasteiger partial charge in [-0.2, -0.15) is 12.8 Å². The SMILES string of the molecule is COc1ccc(/C(=N\S(=O)(=O)c2ccc(C)cc2)[Si](C)(C)c2ccccc2)cc1. The first-order valence-electron chi connectivity index (χ1n) is 9.36. The van der Waals surface area contributed by atoms with Crippen LogP contribution in [0.15, 0.2) is 88.2 Å². The monoisotopic (exact) mass is 423 g/mol. The first-order chi connectivity index (χ1) is 13.7. The summed E-state index contributed by atoms with van der Waals surface area (Å²) in [6.07, 6.45) is 0. The Kier molecular flexibility index (Phi) is 6.05. The molecule has 0 fully saturated rings. The molecule has 0 saturated carbocycles. The van der Waals surface area contributed by atoms with Crippen molar-refractivity contribution in [2.45, 2.75) is 24.9 Å². The summed E-state index contributed by atoms with van der Waals surface area (Å²) in [5.41, 5.74) is 1.80. The standard InChI is InChI=1S/C23H25NO3SSi/c1-18-10-16-21(17-11-18)28(25,26)24-23(19-12-14-20(27-2)15-13-19)29(3,4)22-8-6-5-7-9-22/h5-17H,1-4H3/b24-23+.